The fourth-order valence-electron chi connectivity index (χ4n) is 4.05. The molecule has 3 rings (SSSR count). The second-order valence-corrected chi connectivity index (χ2v) is 7.81. The molecule has 6 heteroatoms. The summed E-state index contributed by atoms with van der Waals surface area (Å²) in [6.07, 6.45) is 12.5. The average molecular weight is 348 g/mol. The molecule has 0 unspecified atom stereocenters. The Bertz CT molecular complexity index is 556. The number of hydrogen-bond acceptors (Lipinski definition) is 3. The number of rotatable bonds is 5. The van der Waals surface area contributed by atoms with Gasteiger partial charge in [0.1, 0.15) is 11.6 Å². The van der Waals surface area contributed by atoms with Crippen LogP contribution in [0.15, 0.2) is 0 Å². The van der Waals surface area contributed by atoms with Crippen molar-refractivity contribution >= 4 is 6.03 Å². The summed E-state index contributed by atoms with van der Waals surface area (Å²) in [6, 6.07) is 0.330. The van der Waals surface area contributed by atoms with Gasteiger partial charge in [-0.25, -0.2) is 4.79 Å². The molecule has 1 aliphatic carbocycles. The molecule has 2 N–H and O–H groups in total. The highest BCUT2D eigenvalue weighted by Crippen LogP contribution is 2.22. The monoisotopic (exact) mass is 347 g/mol. The van der Waals surface area contributed by atoms with Crippen molar-refractivity contribution in [2.75, 3.05) is 6.54 Å². The summed E-state index contributed by atoms with van der Waals surface area (Å²) < 4.78 is 2.29. The Kier molecular flexibility index (Phi) is 6.70. The first-order chi connectivity index (χ1) is 12.2. The molecule has 1 aromatic heterocycles. The quantitative estimate of drug-likeness (QED) is 0.634. The van der Waals surface area contributed by atoms with Crippen molar-refractivity contribution in [3.05, 3.63) is 11.6 Å². The van der Waals surface area contributed by atoms with Crippen molar-refractivity contribution in [3.63, 3.8) is 0 Å². The second-order valence-electron chi connectivity index (χ2n) is 7.81. The van der Waals surface area contributed by atoms with Crippen LogP contribution in [0.2, 0.25) is 0 Å². The van der Waals surface area contributed by atoms with Crippen LogP contribution in [-0.4, -0.2) is 33.4 Å². The van der Waals surface area contributed by atoms with E-state index in [0.29, 0.717) is 12.6 Å². The van der Waals surface area contributed by atoms with Crippen LogP contribution in [-0.2, 0) is 19.4 Å². The zero-order chi connectivity index (χ0) is 17.5. The molecule has 0 bridgehead atoms. The minimum atomic E-state index is -0.0142. The van der Waals surface area contributed by atoms with Crippen molar-refractivity contribution in [2.24, 2.45) is 5.92 Å². The number of aromatic nitrogens is 3. The predicted molar refractivity (Wildman–Crippen MR) is 98.5 cm³/mol. The van der Waals surface area contributed by atoms with Crippen molar-refractivity contribution in [1.29, 1.82) is 0 Å². The number of aryl methyl sites for hydroxylation is 2. The molecule has 1 fully saturated rings. The number of fused-ring (bicyclic) bond motifs is 1. The Hall–Kier alpha value is -1.59. The third-order valence-corrected chi connectivity index (χ3v) is 5.64. The standard InChI is InChI=1S/C19H33N5O/c1-15-7-5-8-16(12-11-15)21-19(25)20-13-6-10-18-23-22-17-9-3-2-4-14-24(17)18/h15-16H,2-14H2,1H3,(H2,20,21,25)/t15-,16-/m1/s1. The molecule has 0 aromatic carbocycles. The molecule has 2 atom stereocenters. The van der Waals surface area contributed by atoms with E-state index in [4.69, 9.17) is 0 Å². The molecular formula is C19H33N5O. The van der Waals surface area contributed by atoms with E-state index in [9.17, 15) is 4.79 Å². The SMILES string of the molecule is C[C@@H]1CCC[C@@H](NC(=O)NCCCc2nnc3n2CCCCC3)CC1. The van der Waals surface area contributed by atoms with Gasteiger partial charge in [-0.2, -0.15) is 0 Å². The van der Waals surface area contributed by atoms with Crippen LogP contribution >= 0.6 is 0 Å². The predicted octanol–water partition coefficient (Wildman–Crippen LogP) is 3.21. The first-order valence-electron chi connectivity index (χ1n) is 10.2. The van der Waals surface area contributed by atoms with E-state index in [2.05, 4.69) is 32.3 Å². The van der Waals surface area contributed by atoms with Crippen LogP contribution in [0.1, 0.15) is 76.4 Å². The minimum absolute atomic E-state index is 0.0142. The molecule has 6 nitrogen and oxygen atoms in total. The van der Waals surface area contributed by atoms with Crippen LogP contribution < -0.4 is 10.6 Å². The molecule has 25 heavy (non-hydrogen) atoms. The van der Waals surface area contributed by atoms with Gasteiger partial charge in [0.25, 0.3) is 0 Å². The van der Waals surface area contributed by atoms with Gasteiger partial charge in [0.2, 0.25) is 0 Å². The number of nitrogens with one attached hydrogen (secondary N) is 2. The lowest BCUT2D eigenvalue weighted by atomic mass is 10.0. The molecule has 1 aromatic rings. The van der Waals surface area contributed by atoms with Crippen LogP contribution in [0.25, 0.3) is 0 Å². The van der Waals surface area contributed by atoms with Gasteiger partial charge in [0, 0.05) is 32.0 Å². The lowest BCUT2D eigenvalue weighted by molar-refractivity contribution is 0.235. The lowest BCUT2D eigenvalue weighted by Gasteiger charge is -2.17. The van der Waals surface area contributed by atoms with Gasteiger partial charge in [0.15, 0.2) is 0 Å². The maximum absolute atomic E-state index is 12.1. The summed E-state index contributed by atoms with van der Waals surface area (Å²) in [5.41, 5.74) is 0. The van der Waals surface area contributed by atoms with Gasteiger partial charge < -0.3 is 15.2 Å². The Morgan fingerprint density at radius 3 is 2.96 bits per heavy atom. The van der Waals surface area contributed by atoms with Gasteiger partial charge in [-0.1, -0.05) is 26.2 Å². The first kappa shape index (κ1) is 18.2. The van der Waals surface area contributed by atoms with E-state index in [-0.39, 0.29) is 6.03 Å². The molecule has 2 aliphatic rings. The summed E-state index contributed by atoms with van der Waals surface area (Å²) >= 11 is 0. The van der Waals surface area contributed by atoms with Gasteiger partial charge in [0.05, 0.1) is 0 Å². The highest BCUT2D eigenvalue weighted by Gasteiger charge is 2.18. The van der Waals surface area contributed by atoms with Gasteiger partial charge >= 0.3 is 6.03 Å². The second kappa shape index (κ2) is 9.20. The molecule has 0 spiro atoms. The van der Waals surface area contributed by atoms with Crippen LogP contribution in [0, 0.1) is 5.92 Å². The van der Waals surface area contributed by atoms with Crippen molar-refractivity contribution in [1.82, 2.24) is 25.4 Å². The molecule has 0 radical (unpaired) electrons. The summed E-state index contributed by atoms with van der Waals surface area (Å²) in [6.45, 7) is 4.05. The molecule has 2 amide bonds. The topological polar surface area (TPSA) is 71.8 Å². The van der Waals surface area contributed by atoms with Crippen molar-refractivity contribution in [3.8, 4) is 0 Å². The van der Waals surface area contributed by atoms with Gasteiger partial charge in [-0.15, -0.1) is 10.2 Å². The summed E-state index contributed by atoms with van der Waals surface area (Å²) in [5.74, 6) is 3.02. The normalized spacial score (nSPS) is 24.0. The maximum Gasteiger partial charge on any atom is 0.315 e. The number of hydrogen-bond donors (Lipinski definition) is 2. The number of amides is 2. The molecular weight excluding hydrogens is 314 g/mol. The van der Waals surface area contributed by atoms with E-state index < -0.39 is 0 Å². The third kappa shape index (κ3) is 5.44. The lowest BCUT2D eigenvalue weighted by Crippen LogP contribution is -2.42. The third-order valence-electron chi connectivity index (χ3n) is 5.64. The average Bonchev–Trinajstić information content (AvgIpc) is 2.77. The summed E-state index contributed by atoms with van der Waals surface area (Å²) in [7, 11) is 0. The Balaban J connectivity index is 1.36. The van der Waals surface area contributed by atoms with E-state index in [0.717, 1.165) is 56.2 Å². The number of carbonyl (C=O) groups excluding carboxylic acids is 1. The number of urea groups is 1. The molecule has 1 aliphatic heterocycles. The smallest absolute Gasteiger partial charge is 0.315 e. The Morgan fingerprint density at radius 2 is 2.04 bits per heavy atom. The van der Waals surface area contributed by atoms with E-state index >= 15 is 0 Å². The maximum atomic E-state index is 12.1. The number of nitrogens with zero attached hydrogens (tertiary/aromatic N) is 3. The molecule has 1 saturated carbocycles. The fourth-order valence-corrected chi connectivity index (χ4v) is 4.05. The Labute approximate surface area is 151 Å². The van der Waals surface area contributed by atoms with Crippen molar-refractivity contribution < 1.29 is 4.79 Å². The first-order valence-corrected chi connectivity index (χ1v) is 10.2. The summed E-state index contributed by atoms with van der Waals surface area (Å²) in [4.78, 5) is 12.1. The summed E-state index contributed by atoms with van der Waals surface area (Å²) in [5, 5.41) is 14.8. The van der Waals surface area contributed by atoms with Gasteiger partial charge in [-0.3, -0.25) is 0 Å². The molecule has 140 valence electrons. The zero-order valence-corrected chi connectivity index (χ0v) is 15.6. The fraction of sp³-hybridized carbons (Fsp3) is 0.842. The van der Waals surface area contributed by atoms with Crippen LogP contribution in [0.4, 0.5) is 4.79 Å². The number of carbonyl (C=O) groups is 1. The van der Waals surface area contributed by atoms with Crippen molar-refractivity contribution in [2.45, 2.75) is 90.1 Å². The molecule has 2 heterocycles. The highest BCUT2D eigenvalue weighted by molar-refractivity contribution is 5.74. The minimum Gasteiger partial charge on any atom is -0.338 e. The Morgan fingerprint density at radius 1 is 1.12 bits per heavy atom. The van der Waals surface area contributed by atoms with Gasteiger partial charge in [-0.05, 0) is 44.4 Å². The van der Waals surface area contributed by atoms with E-state index in [1.807, 2.05) is 0 Å². The molecule has 0 saturated heterocycles. The van der Waals surface area contributed by atoms with E-state index in [1.165, 1.54) is 38.5 Å². The largest absolute Gasteiger partial charge is 0.338 e. The van der Waals surface area contributed by atoms with Crippen LogP contribution in [0.3, 0.4) is 0 Å². The van der Waals surface area contributed by atoms with E-state index in [1.54, 1.807) is 0 Å². The van der Waals surface area contributed by atoms with Crippen LogP contribution in [0.5, 0.6) is 0 Å². The zero-order valence-electron chi connectivity index (χ0n) is 15.6. The highest BCUT2D eigenvalue weighted by atomic mass is 16.2.